The minimum absolute atomic E-state index is 0.507. The average Bonchev–Trinajstić information content (AvgIpc) is 1.64. The number of rotatable bonds is 10. The standard InChI is InChI=1S/5C20H17NO/c1-13(2)14-6-3-7-15(12-14)16-8-4-9-17-19-18(22-20(16)17)10-5-11-21-19;1-13(2)14-6-3-7-15(12-14)16-8-4-9-17-18-10-5-11-21-20(18)22-19(16)17;1-13(2)14-5-3-6-15(11-14)16-7-4-8-18-17-9-10-21-12-19(17)22-20(16)18;1-13(2)14-5-3-6-15(11-14)16-7-4-8-17-18-12-21-10-9-19(18)22-20(16)17;1-13(2)14-6-5-7-15(12-14)16-10-11-21-19-17-8-3-4-9-18(17)22-20(16)19/h5*3-13H,1-2H3. The third kappa shape index (κ3) is 14.3. The van der Waals surface area contributed by atoms with E-state index >= 15 is 0 Å². The van der Waals surface area contributed by atoms with Gasteiger partial charge < -0.3 is 22.1 Å². The van der Waals surface area contributed by atoms with Crippen LogP contribution >= 0.6 is 0 Å². The molecule has 0 radical (unpaired) electrons. The van der Waals surface area contributed by atoms with Gasteiger partial charge in [-0.15, -0.1) is 0 Å². The lowest BCUT2D eigenvalue weighted by Gasteiger charge is -2.08. The van der Waals surface area contributed by atoms with E-state index in [4.69, 9.17) is 22.1 Å². The molecule has 0 amide bonds. The van der Waals surface area contributed by atoms with Gasteiger partial charge in [0.05, 0.1) is 6.20 Å². The van der Waals surface area contributed by atoms with Gasteiger partial charge in [0.2, 0.25) is 5.71 Å². The van der Waals surface area contributed by atoms with Crippen LogP contribution in [0, 0.1) is 0 Å². The van der Waals surface area contributed by atoms with Crippen molar-refractivity contribution in [2.45, 2.75) is 98.8 Å². The lowest BCUT2D eigenvalue weighted by molar-refractivity contribution is 0.655. The van der Waals surface area contributed by atoms with Crippen LogP contribution in [0.5, 0.6) is 0 Å². The lowest BCUT2D eigenvalue weighted by Crippen LogP contribution is -1.88. The lowest BCUT2D eigenvalue weighted by atomic mass is 9.96. The fourth-order valence-electron chi connectivity index (χ4n) is 14.6. The molecule has 20 aromatic rings. The van der Waals surface area contributed by atoms with Gasteiger partial charge in [0, 0.05) is 108 Å². The Morgan fingerprint density at radius 1 is 0.218 bits per heavy atom. The van der Waals surface area contributed by atoms with Gasteiger partial charge in [0.25, 0.3) is 0 Å². The van der Waals surface area contributed by atoms with E-state index in [9.17, 15) is 0 Å². The molecular formula is C100H85N5O5. The van der Waals surface area contributed by atoms with Crippen LogP contribution in [0.1, 0.15) is 127 Å². The predicted molar refractivity (Wildman–Crippen MR) is 455 cm³/mol. The molecule has 0 N–H and O–H groups in total. The van der Waals surface area contributed by atoms with Crippen LogP contribution in [-0.4, -0.2) is 24.9 Å². The Morgan fingerprint density at radius 3 is 1.12 bits per heavy atom. The van der Waals surface area contributed by atoms with E-state index < -0.39 is 0 Å². The van der Waals surface area contributed by atoms with Crippen molar-refractivity contribution in [3.8, 4) is 55.6 Å². The van der Waals surface area contributed by atoms with Crippen molar-refractivity contribution in [2.24, 2.45) is 0 Å². The first-order valence-corrected chi connectivity index (χ1v) is 38.0. The monoisotopic (exact) mass is 1440 g/mol. The molecule has 110 heavy (non-hydrogen) atoms. The van der Waals surface area contributed by atoms with E-state index in [1.54, 1.807) is 18.6 Å². The average molecular weight is 1440 g/mol. The molecule has 10 aromatic heterocycles. The maximum Gasteiger partial charge on any atom is 0.227 e. The zero-order valence-electron chi connectivity index (χ0n) is 63.5. The summed E-state index contributed by atoms with van der Waals surface area (Å²) >= 11 is 0. The first kappa shape index (κ1) is 71.2. The molecule has 0 aliphatic heterocycles. The van der Waals surface area contributed by atoms with Crippen LogP contribution in [0.4, 0.5) is 0 Å². The van der Waals surface area contributed by atoms with Gasteiger partial charge in [0.1, 0.15) is 44.5 Å². The number of benzene rings is 10. The van der Waals surface area contributed by atoms with Gasteiger partial charge in [-0.2, -0.15) is 0 Å². The number of hydrogen-bond donors (Lipinski definition) is 0. The van der Waals surface area contributed by atoms with Gasteiger partial charge in [-0.05, 0) is 146 Å². The Bertz CT molecular complexity index is 5760. The molecule has 10 heteroatoms. The molecule has 0 saturated heterocycles. The Hall–Kier alpha value is -13.1. The predicted octanol–water partition coefficient (Wildman–Crippen LogP) is 28.9. The number of hydrogen-bond acceptors (Lipinski definition) is 10. The summed E-state index contributed by atoms with van der Waals surface area (Å²) in [6.07, 6.45) is 12.7. The van der Waals surface area contributed by atoms with Gasteiger partial charge >= 0.3 is 0 Å². The highest BCUT2D eigenvalue weighted by Crippen LogP contribution is 2.42. The van der Waals surface area contributed by atoms with Crippen molar-refractivity contribution in [1.29, 1.82) is 0 Å². The molecule has 0 aliphatic carbocycles. The highest BCUT2D eigenvalue weighted by Gasteiger charge is 2.20. The molecule has 0 saturated carbocycles. The van der Waals surface area contributed by atoms with Crippen LogP contribution in [0.2, 0.25) is 0 Å². The minimum atomic E-state index is 0.507. The van der Waals surface area contributed by atoms with Gasteiger partial charge in [-0.1, -0.05) is 269 Å². The van der Waals surface area contributed by atoms with Crippen LogP contribution in [0.3, 0.4) is 0 Å². The summed E-state index contributed by atoms with van der Waals surface area (Å²) in [5, 5.41) is 8.78. The first-order chi connectivity index (χ1) is 53.7. The molecule has 0 fully saturated rings. The van der Waals surface area contributed by atoms with E-state index in [0.29, 0.717) is 35.3 Å². The molecular weight excluding hydrogens is 1350 g/mol. The second-order valence-electron chi connectivity index (χ2n) is 29.6. The first-order valence-electron chi connectivity index (χ1n) is 38.0. The maximum atomic E-state index is 6.10. The Morgan fingerprint density at radius 2 is 0.582 bits per heavy atom. The summed E-state index contributed by atoms with van der Waals surface area (Å²) in [4.78, 5) is 21.7. The van der Waals surface area contributed by atoms with E-state index in [1.807, 2.05) is 79.4 Å². The number of nitrogens with zero attached hydrogens (tertiary/aromatic N) is 5. The van der Waals surface area contributed by atoms with Crippen LogP contribution in [0.25, 0.3) is 166 Å². The normalized spacial score (nSPS) is 11.6. The third-order valence-electron chi connectivity index (χ3n) is 20.7. The fourth-order valence-corrected chi connectivity index (χ4v) is 14.6. The summed E-state index contributed by atoms with van der Waals surface area (Å²) in [6.45, 7) is 22.1. The molecule has 20 rings (SSSR count). The molecule has 540 valence electrons. The molecule has 0 spiro atoms. The summed E-state index contributed by atoms with van der Waals surface area (Å²) in [7, 11) is 0. The fraction of sp³-hybridized carbons (Fsp3) is 0.150. The van der Waals surface area contributed by atoms with Crippen molar-refractivity contribution >= 4 is 110 Å². The number of fused-ring (bicyclic) bond motifs is 15. The smallest absolute Gasteiger partial charge is 0.227 e. The van der Waals surface area contributed by atoms with Crippen molar-refractivity contribution in [2.75, 3.05) is 0 Å². The molecule has 0 bridgehead atoms. The zero-order chi connectivity index (χ0) is 75.5. The van der Waals surface area contributed by atoms with Crippen LogP contribution in [0.15, 0.2) is 326 Å². The van der Waals surface area contributed by atoms with E-state index in [2.05, 4.69) is 300 Å². The highest BCUT2D eigenvalue weighted by molar-refractivity contribution is 6.12. The van der Waals surface area contributed by atoms with Crippen LogP contribution < -0.4 is 0 Å². The van der Waals surface area contributed by atoms with Crippen molar-refractivity contribution in [3.05, 3.63) is 332 Å². The second kappa shape index (κ2) is 31.0. The van der Waals surface area contributed by atoms with Crippen LogP contribution in [-0.2, 0) is 0 Å². The Labute approximate surface area is 639 Å². The highest BCUT2D eigenvalue weighted by atomic mass is 16.3. The molecule has 10 nitrogen and oxygen atoms in total. The van der Waals surface area contributed by atoms with Gasteiger partial charge in [-0.25, -0.2) is 4.98 Å². The summed E-state index contributed by atoms with van der Waals surface area (Å²) in [5.41, 5.74) is 28.8. The summed E-state index contributed by atoms with van der Waals surface area (Å²) in [6, 6.07) is 90.5. The number of furan rings is 5. The van der Waals surface area contributed by atoms with Gasteiger partial charge in [0.15, 0.2) is 16.7 Å². The van der Waals surface area contributed by atoms with E-state index in [1.165, 1.54) is 55.6 Å². The second-order valence-corrected chi connectivity index (χ2v) is 29.6. The Balaban J connectivity index is 0.000000104. The van der Waals surface area contributed by atoms with Gasteiger partial charge in [-0.3, -0.25) is 19.9 Å². The summed E-state index contributed by atoms with van der Waals surface area (Å²) in [5.74, 6) is 2.55. The molecule has 0 atom stereocenters. The maximum absolute atomic E-state index is 6.10. The zero-order valence-corrected chi connectivity index (χ0v) is 63.5. The number of para-hydroxylation sites is 5. The molecule has 0 unspecified atom stereocenters. The third-order valence-corrected chi connectivity index (χ3v) is 20.7. The topological polar surface area (TPSA) is 130 Å². The van der Waals surface area contributed by atoms with E-state index in [-0.39, 0.29) is 0 Å². The summed E-state index contributed by atoms with van der Waals surface area (Å²) < 4.78 is 30.4. The number of aromatic nitrogens is 5. The largest absolute Gasteiger partial charge is 0.455 e. The molecule has 10 aromatic carbocycles. The van der Waals surface area contributed by atoms with Crippen molar-refractivity contribution < 1.29 is 22.1 Å². The Kier molecular flexibility index (Phi) is 20.1. The minimum Gasteiger partial charge on any atom is -0.455 e. The van der Waals surface area contributed by atoms with Crippen molar-refractivity contribution in [1.82, 2.24) is 24.9 Å². The van der Waals surface area contributed by atoms with E-state index in [0.717, 1.165) is 132 Å². The van der Waals surface area contributed by atoms with Crippen molar-refractivity contribution in [3.63, 3.8) is 0 Å². The molecule has 10 heterocycles. The molecule has 0 aliphatic rings. The number of pyridine rings is 5. The SMILES string of the molecule is CC(C)c1cccc(-c2cccc3c2oc2cccnc23)c1.CC(C)c1cccc(-c2cccc3c2oc2ccncc23)c1.CC(C)c1cccc(-c2cccc3c2oc2cnccc23)c1.CC(C)c1cccc(-c2cccc3c2oc2ncccc23)c1.CC(C)c1cccc(-c2ccnc3c2oc2ccccc23)c1. The quantitative estimate of drug-likeness (QED) is 0.130.